The van der Waals surface area contributed by atoms with Crippen molar-refractivity contribution >= 4 is 0 Å². The minimum absolute atomic E-state index is 0.384. The van der Waals surface area contributed by atoms with E-state index < -0.39 is 0 Å². The Morgan fingerprint density at radius 2 is 1.95 bits per heavy atom. The van der Waals surface area contributed by atoms with Crippen LogP contribution in [0.3, 0.4) is 0 Å². The van der Waals surface area contributed by atoms with E-state index in [0.717, 1.165) is 18.7 Å². The largest absolute Gasteiger partial charge is 0.308 e. The lowest BCUT2D eigenvalue weighted by Crippen LogP contribution is -2.25. The van der Waals surface area contributed by atoms with Crippen molar-refractivity contribution in [2.45, 2.75) is 38.6 Å². The fourth-order valence-electron chi connectivity index (χ4n) is 3.18. The molecule has 1 heterocycles. The third-order valence-electron chi connectivity index (χ3n) is 4.34. The first kappa shape index (κ1) is 14.3. The molecule has 0 saturated heterocycles. The monoisotopic (exact) mass is 280 g/mol. The molecular weight excluding hydrogens is 256 g/mol. The van der Waals surface area contributed by atoms with Gasteiger partial charge in [0.2, 0.25) is 0 Å². The van der Waals surface area contributed by atoms with Crippen LogP contribution in [0, 0.1) is 12.8 Å². The first-order valence-electron chi connectivity index (χ1n) is 8.01. The normalized spacial score (nSPS) is 22.0. The Hall–Kier alpha value is -1.67. The molecule has 0 spiro atoms. The van der Waals surface area contributed by atoms with E-state index in [1.54, 1.807) is 0 Å². The molecule has 2 heteroatoms. The number of aryl methyl sites for hydroxylation is 1. The van der Waals surface area contributed by atoms with Crippen LogP contribution < -0.4 is 5.32 Å². The first-order valence-corrected chi connectivity index (χ1v) is 8.01. The highest BCUT2D eigenvalue weighted by Gasteiger charge is 2.44. The van der Waals surface area contributed by atoms with E-state index in [2.05, 4.69) is 67.7 Å². The zero-order valence-electron chi connectivity index (χ0n) is 12.9. The maximum absolute atomic E-state index is 4.75. The van der Waals surface area contributed by atoms with Gasteiger partial charge in [-0.3, -0.25) is 4.98 Å². The number of rotatable bonds is 6. The average molecular weight is 280 g/mol. The second-order valence-corrected chi connectivity index (χ2v) is 6.05. The maximum atomic E-state index is 4.75. The highest BCUT2D eigenvalue weighted by atomic mass is 15.0. The Labute approximate surface area is 127 Å². The maximum Gasteiger partial charge on any atom is 0.0579 e. The second kappa shape index (κ2) is 6.40. The first-order chi connectivity index (χ1) is 10.3. The minimum atomic E-state index is 0.384. The SMILES string of the molecule is CCCNC(c1cccc(C)n1)C1CC1c1ccccc1. The van der Waals surface area contributed by atoms with Crippen LogP contribution in [0.5, 0.6) is 0 Å². The fourth-order valence-corrected chi connectivity index (χ4v) is 3.18. The van der Waals surface area contributed by atoms with Crippen molar-refractivity contribution in [2.75, 3.05) is 6.54 Å². The summed E-state index contributed by atoms with van der Waals surface area (Å²) in [7, 11) is 0. The molecule has 1 aromatic heterocycles. The number of hydrogen-bond donors (Lipinski definition) is 1. The summed E-state index contributed by atoms with van der Waals surface area (Å²) >= 11 is 0. The van der Waals surface area contributed by atoms with E-state index in [1.807, 2.05) is 0 Å². The summed E-state index contributed by atoms with van der Waals surface area (Å²) in [6.07, 6.45) is 2.42. The topological polar surface area (TPSA) is 24.9 Å². The van der Waals surface area contributed by atoms with E-state index in [0.29, 0.717) is 17.9 Å². The van der Waals surface area contributed by atoms with Crippen LogP contribution in [-0.4, -0.2) is 11.5 Å². The van der Waals surface area contributed by atoms with Gasteiger partial charge in [0.1, 0.15) is 0 Å². The quantitative estimate of drug-likeness (QED) is 0.856. The molecule has 2 aromatic rings. The summed E-state index contributed by atoms with van der Waals surface area (Å²) in [6.45, 7) is 5.34. The third-order valence-corrected chi connectivity index (χ3v) is 4.34. The van der Waals surface area contributed by atoms with Crippen molar-refractivity contribution < 1.29 is 0 Å². The molecule has 110 valence electrons. The van der Waals surface area contributed by atoms with Crippen LogP contribution in [0.2, 0.25) is 0 Å². The summed E-state index contributed by atoms with van der Waals surface area (Å²) in [6, 6.07) is 17.6. The summed E-state index contributed by atoms with van der Waals surface area (Å²) in [5.41, 5.74) is 3.78. The Bertz CT molecular complexity index is 579. The van der Waals surface area contributed by atoms with Gasteiger partial charge in [-0.15, -0.1) is 0 Å². The standard InChI is InChI=1S/C19H24N2/c1-3-12-20-19(18-11-7-8-14(2)21-18)17-13-16(17)15-9-5-4-6-10-15/h4-11,16-17,19-20H,3,12-13H2,1-2H3. The molecule has 3 unspecified atom stereocenters. The number of nitrogens with zero attached hydrogens (tertiary/aromatic N) is 1. The van der Waals surface area contributed by atoms with E-state index in [9.17, 15) is 0 Å². The summed E-state index contributed by atoms with van der Waals surface area (Å²) in [5.74, 6) is 1.36. The smallest absolute Gasteiger partial charge is 0.0579 e. The van der Waals surface area contributed by atoms with Gasteiger partial charge in [-0.1, -0.05) is 43.3 Å². The third kappa shape index (κ3) is 3.33. The van der Waals surface area contributed by atoms with Crippen molar-refractivity contribution in [3.05, 3.63) is 65.5 Å². The highest BCUT2D eigenvalue weighted by Crippen LogP contribution is 2.53. The van der Waals surface area contributed by atoms with Crippen molar-refractivity contribution in [1.29, 1.82) is 0 Å². The second-order valence-electron chi connectivity index (χ2n) is 6.05. The lowest BCUT2D eigenvalue weighted by atomic mass is 10.0. The van der Waals surface area contributed by atoms with Crippen LogP contribution in [0.15, 0.2) is 48.5 Å². The molecule has 1 saturated carbocycles. The van der Waals surface area contributed by atoms with Gasteiger partial charge in [0, 0.05) is 5.69 Å². The van der Waals surface area contributed by atoms with Gasteiger partial charge in [-0.25, -0.2) is 0 Å². The molecule has 2 nitrogen and oxygen atoms in total. The highest BCUT2D eigenvalue weighted by molar-refractivity contribution is 5.29. The molecule has 1 aromatic carbocycles. The van der Waals surface area contributed by atoms with Crippen molar-refractivity contribution in [3.63, 3.8) is 0 Å². The van der Waals surface area contributed by atoms with Crippen LogP contribution in [-0.2, 0) is 0 Å². The fraction of sp³-hybridized carbons (Fsp3) is 0.421. The van der Waals surface area contributed by atoms with Gasteiger partial charge >= 0.3 is 0 Å². The zero-order valence-corrected chi connectivity index (χ0v) is 12.9. The molecule has 0 bridgehead atoms. The van der Waals surface area contributed by atoms with E-state index >= 15 is 0 Å². The molecule has 0 aliphatic heterocycles. The van der Waals surface area contributed by atoms with Gasteiger partial charge in [0.25, 0.3) is 0 Å². The van der Waals surface area contributed by atoms with Crippen LogP contribution >= 0.6 is 0 Å². The Kier molecular flexibility index (Phi) is 4.35. The molecular formula is C19H24N2. The minimum Gasteiger partial charge on any atom is -0.308 e. The summed E-state index contributed by atoms with van der Waals surface area (Å²) < 4.78 is 0. The number of nitrogens with one attached hydrogen (secondary N) is 1. The van der Waals surface area contributed by atoms with E-state index in [4.69, 9.17) is 4.98 Å². The lowest BCUT2D eigenvalue weighted by Gasteiger charge is -2.19. The lowest BCUT2D eigenvalue weighted by molar-refractivity contribution is 0.462. The van der Waals surface area contributed by atoms with Gasteiger partial charge in [-0.2, -0.15) is 0 Å². The van der Waals surface area contributed by atoms with Crippen molar-refractivity contribution in [1.82, 2.24) is 10.3 Å². The van der Waals surface area contributed by atoms with Crippen LogP contribution in [0.4, 0.5) is 0 Å². The number of pyridine rings is 1. The van der Waals surface area contributed by atoms with E-state index in [1.165, 1.54) is 17.7 Å². The summed E-state index contributed by atoms with van der Waals surface area (Å²) in [4.78, 5) is 4.75. The molecule has 1 aliphatic rings. The molecule has 3 atom stereocenters. The predicted molar refractivity (Wildman–Crippen MR) is 87.3 cm³/mol. The van der Waals surface area contributed by atoms with Crippen LogP contribution in [0.1, 0.15) is 48.7 Å². The Morgan fingerprint density at radius 1 is 1.14 bits per heavy atom. The Morgan fingerprint density at radius 3 is 2.67 bits per heavy atom. The Balaban J connectivity index is 1.78. The van der Waals surface area contributed by atoms with Gasteiger partial charge in [0.15, 0.2) is 0 Å². The number of benzene rings is 1. The summed E-state index contributed by atoms with van der Waals surface area (Å²) in [5, 5.41) is 3.71. The average Bonchev–Trinajstić information content (AvgIpc) is 3.29. The van der Waals surface area contributed by atoms with Gasteiger partial charge in [-0.05, 0) is 55.8 Å². The predicted octanol–water partition coefficient (Wildman–Crippen LogP) is 4.23. The van der Waals surface area contributed by atoms with Crippen molar-refractivity contribution in [3.8, 4) is 0 Å². The van der Waals surface area contributed by atoms with Gasteiger partial charge < -0.3 is 5.32 Å². The molecule has 0 amide bonds. The molecule has 1 N–H and O–H groups in total. The van der Waals surface area contributed by atoms with E-state index in [-0.39, 0.29) is 0 Å². The van der Waals surface area contributed by atoms with Crippen LogP contribution in [0.25, 0.3) is 0 Å². The van der Waals surface area contributed by atoms with Gasteiger partial charge in [0.05, 0.1) is 11.7 Å². The molecule has 21 heavy (non-hydrogen) atoms. The molecule has 0 radical (unpaired) electrons. The molecule has 1 aliphatic carbocycles. The van der Waals surface area contributed by atoms with Crippen molar-refractivity contribution in [2.24, 2.45) is 5.92 Å². The molecule has 3 rings (SSSR count). The number of aromatic nitrogens is 1. The zero-order chi connectivity index (χ0) is 14.7. The molecule has 1 fully saturated rings. The number of hydrogen-bond acceptors (Lipinski definition) is 2.